The van der Waals surface area contributed by atoms with Crippen molar-refractivity contribution >= 4 is 21.2 Å². The molecule has 0 heterocycles. The van der Waals surface area contributed by atoms with E-state index >= 15 is 0 Å². The van der Waals surface area contributed by atoms with Crippen molar-refractivity contribution in [3.63, 3.8) is 0 Å². The van der Waals surface area contributed by atoms with E-state index in [9.17, 15) is 0 Å². The van der Waals surface area contributed by atoms with Crippen LogP contribution >= 0.6 is 7.92 Å². The first kappa shape index (κ1) is 19.7. The van der Waals surface area contributed by atoms with Gasteiger partial charge in [-0.3, -0.25) is 0 Å². The molecule has 0 aliphatic carbocycles. The van der Waals surface area contributed by atoms with Gasteiger partial charge in [-0.1, -0.05) is 75.8 Å². The smallest absolute Gasteiger partial charge is 0.107 e. The van der Waals surface area contributed by atoms with Gasteiger partial charge in [0.2, 0.25) is 0 Å². The Labute approximate surface area is 129 Å². The third-order valence-electron chi connectivity index (χ3n) is 3.28. The summed E-state index contributed by atoms with van der Waals surface area (Å²) in [4.78, 5) is 0. The maximum Gasteiger partial charge on any atom is 0.113 e. The van der Waals surface area contributed by atoms with Crippen LogP contribution in [0.5, 0.6) is 0 Å². The zero-order valence-electron chi connectivity index (χ0n) is 13.8. The summed E-state index contributed by atoms with van der Waals surface area (Å²) in [6, 6.07) is 9.49. The Kier molecular flexibility index (Phi) is 14.9. The van der Waals surface area contributed by atoms with Gasteiger partial charge in [-0.15, -0.1) is 7.92 Å². The predicted molar refractivity (Wildman–Crippen MR) is 98.1 cm³/mol. The third kappa shape index (κ3) is 12.7. The van der Waals surface area contributed by atoms with Crippen LogP contribution in [-0.2, 0) is 0 Å². The first-order valence-electron chi connectivity index (χ1n) is 8.27. The molecule has 0 saturated carbocycles. The molecule has 0 saturated heterocycles. The van der Waals surface area contributed by atoms with Gasteiger partial charge in [-0.25, -0.2) is 0 Å². The molecule has 112 valence electrons. The van der Waals surface area contributed by atoms with E-state index in [1.54, 1.807) is 18.5 Å². The minimum atomic E-state index is 0.422. The SMILES string of the molecule is CCCCP(CCCC)CCCC.[B]c1ccccc1. The van der Waals surface area contributed by atoms with Gasteiger partial charge in [0.05, 0.1) is 0 Å². The summed E-state index contributed by atoms with van der Waals surface area (Å²) in [5, 5.41) is 0. The highest BCUT2D eigenvalue weighted by Crippen LogP contribution is 2.38. The molecule has 0 atom stereocenters. The highest BCUT2D eigenvalue weighted by molar-refractivity contribution is 7.57. The van der Waals surface area contributed by atoms with E-state index in [0.717, 1.165) is 5.46 Å². The fourth-order valence-electron chi connectivity index (χ4n) is 1.93. The number of benzene rings is 1. The van der Waals surface area contributed by atoms with Crippen molar-refractivity contribution in [2.45, 2.75) is 59.3 Å². The second-order valence-electron chi connectivity index (χ2n) is 5.31. The fraction of sp³-hybridized carbons (Fsp3) is 0.667. The maximum atomic E-state index is 5.36. The third-order valence-corrected chi connectivity index (χ3v) is 6.13. The lowest BCUT2D eigenvalue weighted by Gasteiger charge is -2.16. The predicted octanol–water partition coefficient (Wildman–Crippen LogP) is 5.35. The standard InChI is InChI=1S/C12H27P.C6H5B/c1-4-7-10-13(11-8-5-2)12-9-6-3;7-6-4-2-1-3-5-6/h4-12H2,1-3H3;1-5H. The van der Waals surface area contributed by atoms with Gasteiger partial charge in [0.15, 0.2) is 0 Å². The Hall–Kier alpha value is -0.285. The van der Waals surface area contributed by atoms with Crippen LogP contribution in [0.25, 0.3) is 0 Å². The molecule has 0 unspecified atom stereocenters. The van der Waals surface area contributed by atoms with Gasteiger partial charge in [0.1, 0.15) is 7.85 Å². The normalized spacial score (nSPS) is 10.2. The molecule has 0 aliphatic rings. The van der Waals surface area contributed by atoms with Crippen LogP contribution in [0.1, 0.15) is 59.3 Å². The van der Waals surface area contributed by atoms with Crippen molar-refractivity contribution in [3.05, 3.63) is 30.3 Å². The van der Waals surface area contributed by atoms with Crippen LogP contribution in [0, 0.1) is 0 Å². The molecule has 0 N–H and O–H groups in total. The second-order valence-corrected chi connectivity index (χ2v) is 8.00. The first-order valence-corrected chi connectivity index (χ1v) is 10.2. The van der Waals surface area contributed by atoms with Crippen LogP contribution in [0.2, 0.25) is 0 Å². The van der Waals surface area contributed by atoms with Gasteiger partial charge in [0, 0.05) is 0 Å². The Bertz CT molecular complexity index is 268. The Balaban J connectivity index is 0.000000428. The van der Waals surface area contributed by atoms with Gasteiger partial charge >= 0.3 is 0 Å². The molecule has 20 heavy (non-hydrogen) atoms. The van der Waals surface area contributed by atoms with E-state index in [0.29, 0.717) is 7.92 Å². The van der Waals surface area contributed by atoms with Gasteiger partial charge < -0.3 is 0 Å². The molecular weight excluding hydrogens is 258 g/mol. The lowest BCUT2D eigenvalue weighted by Crippen LogP contribution is -1.97. The van der Waals surface area contributed by atoms with Gasteiger partial charge in [0.25, 0.3) is 0 Å². The number of hydrogen-bond acceptors (Lipinski definition) is 0. The van der Waals surface area contributed by atoms with E-state index < -0.39 is 0 Å². The van der Waals surface area contributed by atoms with Crippen molar-refractivity contribution in [1.29, 1.82) is 0 Å². The molecule has 0 aromatic heterocycles. The molecule has 0 amide bonds. The average Bonchev–Trinajstić information content (AvgIpc) is 2.48. The summed E-state index contributed by atoms with van der Waals surface area (Å²) >= 11 is 0. The number of hydrogen-bond donors (Lipinski definition) is 0. The van der Waals surface area contributed by atoms with Crippen LogP contribution in [-0.4, -0.2) is 26.3 Å². The average molecular weight is 290 g/mol. The van der Waals surface area contributed by atoms with Crippen molar-refractivity contribution in [3.8, 4) is 0 Å². The number of rotatable bonds is 9. The van der Waals surface area contributed by atoms with Crippen LogP contribution in [0.3, 0.4) is 0 Å². The summed E-state index contributed by atoms with van der Waals surface area (Å²) < 4.78 is 0. The summed E-state index contributed by atoms with van der Waals surface area (Å²) in [6.07, 6.45) is 13.2. The first-order chi connectivity index (χ1) is 9.74. The second kappa shape index (κ2) is 15.1. The molecule has 0 spiro atoms. The lowest BCUT2D eigenvalue weighted by molar-refractivity contribution is 0.847. The molecule has 1 rings (SSSR count). The zero-order valence-corrected chi connectivity index (χ0v) is 14.7. The van der Waals surface area contributed by atoms with Crippen LogP contribution in [0.15, 0.2) is 30.3 Å². The van der Waals surface area contributed by atoms with Crippen LogP contribution < -0.4 is 5.46 Å². The van der Waals surface area contributed by atoms with Crippen molar-refractivity contribution < 1.29 is 0 Å². The molecule has 2 heteroatoms. The zero-order chi connectivity index (χ0) is 15.1. The Morgan fingerprint density at radius 3 is 1.40 bits per heavy atom. The van der Waals surface area contributed by atoms with Crippen LogP contribution in [0.4, 0.5) is 0 Å². The maximum absolute atomic E-state index is 5.36. The molecule has 1 aromatic carbocycles. The molecule has 0 bridgehead atoms. The van der Waals surface area contributed by atoms with Crippen molar-refractivity contribution in [2.75, 3.05) is 18.5 Å². The fourth-order valence-corrected chi connectivity index (χ4v) is 4.89. The van der Waals surface area contributed by atoms with E-state index in [1.807, 2.05) is 30.3 Å². The highest BCUT2D eigenvalue weighted by atomic mass is 31.1. The number of unbranched alkanes of at least 4 members (excludes halogenated alkanes) is 3. The molecule has 2 radical (unpaired) electrons. The summed E-state index contributed by atoms with van der Waals surface area (Å²) in [7, 11) is 5.78. The summed E-state index contributed by atoms with van der Waals surface area (Å²) in [5.74, 6) is 0. The Morgan fingerprint density at radius 2 is 1.15 bits per heavy atom. The minimum absolute atomic E-state index is 0.422. The van der Waals surface area contributed by atoms with Crippen molar-refractivity contribution in [2.24, 2.45) is 0 Å². The van der Waals surface area contributed by atoms with E-state index in [-0.39, 0.29) is 0 Å². The van der Waals surface area contributed by atoms with Gasteiger partial charge in [-0.2, -0.15) is 0 Å². The largest absolute Gasteiger partial charge is 0.113 e. The van der Waals surface area contributed by atoms with Crippen molar-refractivity contribution in [1.82, 2.24) is 0 Å². The van der Waals surface area contributed by atoms with E-state index in [1.165, 1.54) is 38.5 Å². The molecule has 0 fully saturated rings. The molecule has 1 aromatic rings. The quantitative estimate of drug-likeness (QED) is 0.425. The summed E-state index contributed by atoms with van der Waals surface area (Å²) in [6.45, 7) is 6.94. The topological polar surface area (TPSA) is 0 Å². The van der Waals surface area contributed by atoms with E-state index in [2.05, 4.69) is 20.8 Å². The Morgan fingerprint density at radius 1 is 0.750 bits per heavy atom. The monoisotopic (exact) mass is 290 g/mol. The molecule has 0 nitrogen and oxygen atoms in total. The minimum Gasteiger partial charge on any atom is -0.107 e. The highest BCUT2D eigenvalue weighted by Gasteiger charge is 2.05. The molecular formula is C18H32BP. The van der Waals surface area contributed by atoms with Gasteiger partial charge in [-0.05, 0) is 37.7 Å². The lowest BCUT2D eigenvalue weighted by atomic mass is 9.97. The van der Waals surface area contributed by atoms with E-state index in [4.69, 9.17) is 7.85 Å². The summed E-state index contributed by atoms with van der Waals surface area (Å²) in [5.41, 5.74) is 0.822. The molecule has 0 aliphatic heterocycles.